The third-order valence-corrected chi connectivity index (χ3v) is 4.88. The Balaban J connectivity index is 1.98. The smallest absolute Gasteiger partial charge is 0.269 e. The summed E-state index contributed by atoms with van der Waals surface area (Å²) in [6.07, 6.45) is 1.24. The summed E-state index contributed by atoms with van der Waals surface area (Å²) in [5, 5.41) is 23.1. The van der Waals surface area contributed by atoms with Crippen LogP contribution in [0.5, 0.6) is 5.75 Å². The number of hydrogen-bond donors (Lipinski definition) is 0. The molecule has 1 aliphatic rings. The van der Waals surface area contributed by atoms with Crippen molar-refractivity contribution in [2.75, 3.05) is 6.61 Å². The summed E-state index contributed by atoms with van der Waals surface area (Å²) in [4.78, 5) is 15.1. The van der Waals surface area contributed by atoms with Crippen LogP contribution in [0.3, 0.4) is 0 Å². The molecule has 148 valence electrons. The molecule has 7 heteroatoms. The van der Waals surface area contributed by atoms with E-state index in [9.17, 15) is 15.4 Å². The molecule has 0 radical (unpaired) electrons. The van der Waals surface area contributed by atoms with E-state index in [1.165, 1.54) is 18.5 Å². The molecule has 7 nitrogen and oxygen atoms in total. The van der Waals surface area contributed by atoms with E-state index in [0.717, 1.165) is 16.3 Å². The minimum atomic E-state index is -0.558. The van der Waals surface area contributed by atoms with Gasteiger partial charge in [-0.2, -0.15) is 10.3 Å². The normalized spacial score (nSPS) is 15.5. The number of benzene rings is 3. The van der Waals surface area contributed by atoms with Crippen LogP contribution in [0.4, 0.5) is 5.69 Å². The summed E-state index contributed by atoms with van der Waals surface area (Å²) in [5.41, 5.74) is 1.58. The molecule has 4 rings (SSSR count). The maximum Gasteiger partial charge on any atom is 0.269 e. The van der Waals surface area contributed by atoms with Gasteiger partial charge in [0.1, 0.15) is 17.4 Å². The number of aliphatic imine (C=N–C) groups is 1. The lowest BCUT2D eigenvalue weighted by Crippen LogP contribution is -2.16. The summed E-state index contributed by atoms with van der Waals surface area (Å²) >= 11 is 0. The Morgan fingerprint density at radius 2 is 2.07 bits per heavy atom. The van der Waals surface area contributed by atoms with Crippen LogP contribution in [0.15, 0.2) is 77.1 Å². The van der Waals surface area contributed by atoms with Gasteiger partial charge in [-0.3, -0.25) is 10.1 Å². The van der Waals surface area contributed by atoms with E-state index in [1.54, 1.807) is 12.1 Å². The molecule has 0 aromatic heterocycles. The molecule has 0 aliphatic carbocycles. The number of hydrogen-bond acceptors (Lipinski definition) is 6. The maximum atomic E-state index is 11.3. The average molecular weight is 399 g/mol. The van der Waals surface area contributed by atoms with Crippen LogP contribution in [0.1, 0.15) is 24.0 Å². The monoisotopic (exact) mass is 399 g/mol. The quantitative estimate of drug-likeness (QED) is 0.258. The van der Waals surface area contributed by atoms with Crippen LogP contribution in [0.2, 0.25) is 0 Å². The van der Waals surface area contributed by atoms with Gasteiger partial charge in [-0.1, -0.05) is 48.5 Å². The lowest BCUT2D eigenvalue weighted by molar-refractivity contribution is -0.384. The van der Waals surface area contributed by atoms with Crippen molar-refractivity contribution in [1.29, 1.82) is 5.26 Å². The summed E-state index contributed by atoms with van der Waals surface area (Å²) in [6, 6.07) is 20.0. The van der Waals surface area contributed by atoms with E-state index in [1.807, 2.05) is 43.3 Å². The first-order valence-corrected chi connectivity index (χ1v) is 9.36. The molecule has 1 heterocycles. The van der Waals surface area contributed by atoms with E-state index in [4.69, 9.17) is 9.47 Å². The second-order valence-corrected chi connectivity index (χ2v) is 6.61. The Labute approximate surface area is 172 Å². The number of fused-ring (bicyclic) bond motifs is 3. The maximum absolute atomic E-state index is 11.3. The van der Waals surface area contributed by atoms with Crippen LogP contribution >= 0.6 is 0 Å². The molecule has 1 atom stereocenters. The standard InChI is InChI=1S/C23H17N3O4/c1-2-29-14-25-23-20(13-24)21(16-7-5-8-17(12-16)26(27)28)19-11-10-15-6-3-4-9-18(15)22(19)30-23/h3-12,14,21H,2H2,1H3/b25-14+. The molecule has 1 aliphatic heterocycles. The molecule has 3 aromatic carbocycles. The molecule has 0 saturated heterocycles. The van der Waals surface area contributed by atoms with Crippen molar-refractivity contribution in [2.24, 2.45) is 4.99 Å². The highest BCUT2D eigenvalue weighted by Gasteiger charge is 2.33. The molecule has 0 spiro atoms. The highest BCUT2D eigenvalue weighted by molar-refractivity contribution is 5.91. The van der Waals surface area contributed by atoms with Crippen molar-refractivity contribution in [3.63, 3.8) is 0 Å². The number of nitro groups is 1. The summed E-state index contributed by atoms with van der Waals surface area (Å²) < 4.78 is 11.3. The number of non-ortho nitro benzene ring substituents is 1. The fraction of sp³-hybridized carbons (Fsp3) is 0.130. The third-order valence-electron chi connectivity index (χ3n) is 4.88. The first-order chi connectivity index (χ1) is 14.6. The zero-order chi connectivity index (χ0) is 21.1. The SMILES string of the molecule is CCO/C=N/C1=C(C#N)C(c2cccc([N+](=O)[O-])c2)c2ccc3ccccc3c2O1. The molecule has 0 fully saturated rings. The minimum absolute atomic E-state index is 0.0435. The number of nitro benzene ring substituents is 1. The van der Waals surface area contributed by atoms with Gasteiger partial charge in [0.25, 0.3) is 5.69 Å². The Bertz CT molecular complexity index is 1240. The van der Waals surface area contributed by atoms with Gasteiger partial charge in [-0.05, 0) is 17.9 Å². The fourth-order valence-corrected chi connectivity index (χ4v) is 3.56. The van der Waals surface area contributed by atoms with Crippen molar-refractivity contribution >= 4 is 22.9 Å². The van der Waals surface area contributed by atoms with Gasteiger partial charge < -0.3 is 9.47 Å². The number of nitrogens with zero attached hydrogens (tertiary/aromatic N) is 3. The van der Waals surface area contributed by atoms with Crippen LogP contribution in [-0.4, -0.2) is 17.9 Å². The number of rotatable bonds is 5. The molecular formula is C23H17N3O4. The van der Waals surface area contributed by atoms with Crippen LogP contribution in [0.25, 0.3) is 10.8 Å². The minimum Gasteiger partial charge on any atom is -0.483 e. The van der Waals surface area contributed by atoms with E-state index < -0.39 is 10.8 Å². The Morgan fingerprint density at radius 1 is 1.23 bits per heavy atom. The molecule has 30 heavy (non-hydrogen) atoms. The number of allylic oxidation sites excluding steroid dienone is 1. The van der Waals surface area contributed by atoms with E-state index in [0.29, 0.717) is 17.9 Å². The Kier molecular flexibility index (Phi) is 5.14. The predicted octanol–water partition coefficient (Wildman–Crippen LogP) is 5.07. The highest BCUT2D eigenvalue weighted by atomic mass is 16.6. The van der Waals surface area contributed by atoms with E-state index in [2.05, 4.69) is 11.1 Å². The number of ether oxygens (including phenoxy) is 2. The average Bonchev–Trinajstić information content (AvgIpc) is 2.78. The van der Waals surface area contributed by atoms with Gasteiger partial charge in [0.15, 0.2) is 6.40 Å². The van der Waals surface area contributed by atoms with E-state index >= 15 is 0 Å². The topological polar surface area (TPSA) is 97.8 Å². The molecule has 0 bridgehead atoms. The van der Waals surface area contributed by atoms with Crippen LogP contribution in [0, 0.1) is 21.4 Å². The third kappa shape index (κ3) is 3.35. The zero-order valence-corrected chi connectivity index (χ0v) is 16.1. The van der Waals surface area contributed by atoms with Crippen molar-refractivity contribution in [2.45, 2.75) is 12.8 Å². The molecule has 3 aromatic rings. The van der Waals surface area contributed by atoms with Gasteiger partial charge in [0.05, 0.1) is 17.4 Å². The molecule has 1 unspecified atom stereocenters. The highest BCUT2D eigenvalue weighted by Crippen LogP contribution is 2.46. The predicted molar refractivity (Wildman–Crippen MR) is 112 cm³/mol. The van der Waals surface area contributed by atoms with Crippen molar-refractivity contribution in [1.82, 2.24) is 0 Å². The van der Waals surface area contributed by atoms with Gasteiger partial charge in [-0.25, -0.2) is 0 Å². The van der Waals surface area contributed by atoms with Crippen LogP contribution in [-0.2, 0) is 4.74 Å². The molecule has 0 amide bonds. The van der Waals surface area contributed by atoms with Gasteiger partial charge >= 0.3 is 0 Å². The van der Waals surface area contributed by atoms with Crippen molar-refractivity contribution < 1.29 is 14.4 Å². The molecule has 0 saturated carbocycles. The van der Waals surface area contributed by atoms with Crippen LogP contribution < -0.4 is 4.74 Å². The first-order valence-electron chi connectivity index (χ1n) is 9.36. The fourth-order valence-electron chi connectivity index (χ4n) is 3.56. The summed E-state index contributed by atoms with van der Waals surface area (Å²) in [6.45, 7) is 2.24. The van der Waals surface area contributed by atoms with Gasteiger partial charge in [0, 0.05) is 23.1 Å². The van der Waals surface area contributed by atoms with Crippen molar-refractivity contribution in [3.8, 4) is 11.8 Å². The zero-order valence-electron chi connectivity index (χ0n) is 16.1. The Morgan fingerprint density at radius 3 is 2.83 bits per heavy atom. The summed E-state index contributed by atoms with van der Waals surface area (Å²) in [5.74, 6) is 0.135. The van der Waals surface area contributed by atoms with Gasteiger partial charge in [-0.15, -0.1) is 0 Å². The molecular weight excluding hydrogens is 382 g/mol. The number of nitriles is 1. The lowest BCUT2D eigenvalue weighted by Gasteiger charge is -2.27. The van der Waals surface area contributed by atoms with Crippen molar-refractivity contribution in [3.05, 3.63) is 93.4 Å². The second kappa shape index (κ2) is 8.05. The van der Waals surface area contributed by atoms with Gasteiger partial charge in [0.2, 0.25) is 5.88 Å². The lowest BCUT2D eigenvalue weighted by atomic mass is 9.82. The largest absolute Gasteiger partial charge is 0.483 e. The summed E-state index contributed by atoms with van der Waals surface area (Å²) in [7, 11) is 0. The van der Waals surface area contributed by atoms with E-state index in [-0.39, 0.29) is 17.1 Å². The second-order valence-electron chi connectivity index (χ2n) is 6.61. The first kappa shape index (κ1) is 19.2. The molecule has 0 N–H and O–H groups in total. The Hall–Kier alpha value is -4.18.